The quantitative estimate of drug-likeness (QED) is 0.456. The fourth-order valence-electron chi connectivity index (χ4n) is 1.76. The number of hydrogen-bond acceptors (Lipinski definition) is 7. The van der Waals surface area contributed by atoms with E-state index in [4.69, 9.17) is 9.84 Å². The van der Waals surface area contributed by atoms with Gasteiger partial charge in [0.2, 0.25) is 10.0 Å². The molecule has 0 heterocycles. The number of carbonyl (C=O) groups is 2. The molecule has 0 bridgehead atoms. The van der Waals surface area contributed by atoms with Gasteiger partial charge in [0.05, 0.1) is 4.92 Å². The zero-order chi connectivity index (χ0) is 20.1. The second kappa shape index (κ2) is 8.10. The van der Waals surface area contributed by atoms with Gasteiger partial charge in [0, 0.05) is 12.6 Å². The third-order valence-corrected chi connectivity index (χ3v) is 4.29. The van der Waals surface area contributed by atoms with E-state index >= 15 is 0 Å². The highest BCUT2D eigenvalue weighted by atomic mass is 32.2. The number of nitro benzene ring substituents is 1. The molecular weight excluding hydrogens is 370 g/mol. The molecule has 11 nitrogen and oxygen atoms in total. The summed E-state index contributed by atoms with van der Waals surface area (Å²) in [5.74, 6) is -1.51. The van der Waals surface area contributed by atoms with Crippen molar-refractivity contribution in [2.45, 2.75) is 37.3 Å². The summed E-state index contributed by atoms with van der Waals surface area (Å²) in [6.45, 7) is 3.97. The van der Waals surface area contributed by atoms with Crippen LogP contribution in [0.4, 0.5) is 10.5 Å². The second-order valence-corrected chi connectivity index (χ2v) is 7.85. The first-order valence-corrected chi connectivity index (χ1v) is 8.77. The van der Waals surface area contributed by atoms with Crippen molar-refractivity contribution in [3.8, 4) is 0 Å². The molecule has 1 aromatic rings. The van der Waals surface area contributed by atoms with Crippen molar-refractivity contribution in [1.29, 1.82) is 0 Å². The maximum Gasteiger partial charge on any atom is 0.408 e. The summed E-state index contributed by atoms with van der Waals surface area (Å²) >= 11 is 0. The number of ether oxygens (including phenoxy) is 1. The average molecular weight is 389 g/mol. The number of para-hydroxylation sites is 1. The van der Waals surface area contributed by atoms with Gasteiger partial charge in [0.1, 0.15) is 11.6 Å². The van der Waals surface area contributed by atoms with Crippen LogP contribution in [0, 0.1) is 10.1 Å². The predicted octanol–water partition coefficient (Wildman–Crippen LogP) is 0.851. The number of carbonyl (C=O) groups excluding carboxylic acids is 1. The molecule has 0 radical (unpaired) electrons. The SMILES string of the molecule is CC(C)(C)OC(=O)NC(CNS(=O)(=O)c1ccccc1[N+](=O)[O-])C(=O)O. The van der Waals surface area contributed by atoms with E-state index in [0.717, 1.165) is 12.1 Å². The summed E-state index contributed by atoms with van der Waals surface area (Å²) in [4.78, 5) is 32.3. The summed E-state index contributed by atoms with van der Waals surface area (Å²) in [5.41, 5.74) is -1.54. The van der Waals surface area contributed by atoms with Gasteiger partial charge in [-0.1, -0.05) is 12.1 Å². The van der Waals surface area contributed by atoms with Crippen molar-refractivity contribution in [3.63, 3.8) is 0 Å². The van der Waals surface area contributed by atoms with Gasteiger partial charge in [-0.2, -0.15) is 0 Å². The van der Waals surface area contributed by atoms with Crippen LogP contribution in [0.3, 0.4) is 0 Å². The summed E-state index contributed by atoms with van der Waals surface area (Å²) in [6.07, 6.45) is -1.05. The van der Waals surface area contributed by atoms with E-state index in [-0.39, 0.29) is 0 Å². The number of rotatable bonds is 7. The Hall–Kier alpha value is -2.73. The molecule has 1 amide bonds. The van der Waals surface area contributed by atoms with Crippen molar-refractivity contribution in [2.24, 2.45) is 0 Å². The van der Waals surface area contributed by atoms with Gasteiger partial charge in [0.15, 0.2) is 4.90 Å². The molecule has 0 aromatic heterocycles. The van der Waals surface area contributed by atoms with Gasteiger partial charge < -0.3 is 15.2 Å². The first-order chi connectivity index (χ1) is 11.8. The molecule has 0 fully saturated rings. The molecule has 12 heteroatoms. The zero-order valence-electron chi connectivity index (χ0n) is 14.3. The van der Waals surface area contributed by atoms with Crippen LogP contribution < -0.4 is 10.0 Å². The molecule has 3 N–H and O–H groups in total. The molecular formula is C14H19N3O8S. The third-order valence-electron chi connectivity index (χ3n) is 2.82. The minimum atomic E-state index is -4.38. The minimum absolute atomic E-state index is 0.619. The first-order valence-electron chi connectivity index (χ1n) is 7.29. The minimum Gasteiger partial charge on any atom is -0.480 e. The third kappa shape index (κ3) is 6.29. The summed E-state index contributed by atoms with van der Waals surface area (Å²) in [5, 5.41) is 22.1. The molecule has 26 heavy (non-hydrogen) atoms. The standard InChI is InChI=1S/C14H19N3O8S/c1-14(2,3)25-13(20)16-9(12(18)19)8-15-26(23,24)11-7-5-4-6-10(11)17(21)22/h4-7,9,15H,8H2,1-3H3,(H,16,20)(H,18,19). The number of hydrogen-bond donors (Lipinski definition) is 3. The maximum atomic E-state index is 12.2. The van der Waals surface area contributed by atoms with Crippen molar-refractivity contribution in [3.05, 3.63) is 34.4 Å². The lowest BCUT2D eigenvalue weighted by atomic mass is 10.2. The first kappa shape index (κ1) is 21.3. The molecule has 1 unspecified atom stereocenters. The summed E-state index contributed by atoms with van der Waals surface area (Å²) < 4.78 is 31.3. The van der Waals surface area contributed by atoms with E-state index in [0.29, 0.717) is 0 Å². The normalized spacial score (nSPS) is 12.9. The number of alkyl carbamates (subject to hydrolysis) is 1. The zero-order valence-corrected chi connectivity index (χ0v) is 15.1. The van der Waals surface area contributed by atoms with Crippen LogP contribution in [0.1, 0.15) is 20.8 Å². The van der Waals surface area contributed by atoms with Crippen LogP contribution >= 0.6 is 0 Å². The highest BCUT2D eigenvalue weighted by Gasteiger charge is 2.29. The second-order valence-electron chi connectivity index (χ2n) is 6.11. The molecule has 1 rings (SSSR count). The Morgan fingerprint density at radius 3 is 2.38 bits per heavy atom. The summed E-state index contributed by atoms with van der Waals surface area (Å²) in [6, 6.07) is 2.96. The van der Waals surface area contributed by atoms with E-state index in [2.05, 4.69) is 0 Å². The highest BCUT2D eigenvalue weighted by molar-refractivity contribution is 7.89. The average Bonchev–Trinajstić information content (AvgIpc) is 2.49. The van der Waals surface area contributed by atoms with Crippen molar-refractivity contribution in [1.82, 2.24) is 10.0 Å². The number of benzene rings is 1. The lowest BCUT2D eigenvalue weighted by Crippen LogP contribution is -2.49. The molecule has 0 aliphatic carbocycles. The molecule has 1 atom stereocenters. The lowest BCUT2D eigenvalue weighted by molar-refractivity contribution is -0.387. The van der Waals surface area contributed by atoms with Gasteiger partial charge in [-0.15, -0.1) is 0 Å². The Balaban J connectivity index is 2.91. The van der Waals surface area contributed by atoms with Crippen molar-refractivity contribution < 1.29 is 32.8 Å². The Labute approximate surface area is 149 Å². The van der Waals surface area contributed by atoms with Gasteiger partial charge in [-0.3, -0.25) is 10.1 Å². The summed E-state index contributed by atoms with van der Waals surface area (Å²) in [7, 11) is -4.38. The van der Waals surface area contributed by atoms with E-state index in [1.807, 2.05) is 10.0 Å². The van der Waals surface area contributed by atoms with Crippen molar-refractivity contribution in [2.75, 3.05) is 6.54 Å². The number of aliphatic carboxylic acids is 1. The molecule has 144 valence electrons. The highest BCUT2D eigenvalue weighted by Crippen LogP contribution is 2.22. The molecule has 0 aliphatic heterocycles. The number of nitrogens with one attached hydrogen (secondary N) is 2. The fourth-order valence-corrected chi connectivity index (χ4v) is 2.97. The largest absolute Gasteiger partial charge is 0.480 e. The van der Waals surface area contributed by atoms with Crippen LogP contribution in [0.2, 0.25) is 0 Å². The van der Waals surface area contributed by atoms with Gasteiger partial charge in [-0.25, -0.2) is 22.7 Å². The molecule has 0 saturated heterocycles. The molecule has 0 spiro atoms. The Bertz CT molecular complexity index is 801. The Morgan fingerprint density at radius 1 is 1.31 bits per heavy atom. The van der Waals surface area contributed by atoms with Crippen LogP contribution in [0.25, 0.3) is 0 Å². The van der Waals surface area contributed by atoms with Crippen LogP contribution in [-0.2, 0) is 19.6 Å². The maximum absolute atomic E-state index is 12.2. The Kier molecular flexibility index (Phi) is 6.64. The number of sulfonamides is 1. The lowest BCUT2D eigenvalue weighted by Gasteiger charge is -2.22. The predicted molar refractivity (Wildman–Crippen MR) is 89.1 cm³/mol. The molecule has 0 aliphatic rings. The topological polar surface area (TPSA) is 165 Å². The smallest absolute Gasteiger partial charge is 0.408 e. The number of nitro groups is 1. The number of carboxylic acid groups (broad SMARTS) is 1. The van der Waals surface area contributed by atoms with E-state index < -0.39 is 55.8 Å². The van der Waals surface area contributed by atoms with Crippen molar-refractivity contribution >= 4 is 27.8 Å². The molecule has 0 saturated carbocycles. The van der Waals surface area contributed by atoms with Crippen LogP contribution in [0.15, 0.2) is 29.2 Å². The number of amides is 1. The number of nitrogens with zero attached hydrogens (tertiary/aromatic N) is 1. The van der Waals surface area contributed by atoms with E-state index in [1.54, 1.807) is 20.8 Å². The monoisotopic (exact) mass is 389 g/mol. The van der Waals surface area contributed by atoms with E-state index in [9.17, 15) is 28.1 Å². The number of carboxylic acids is 1. The Morgan fingerprint density at radius 2 is 1.88 bits per heavy atom. The fraction of sp³-hybridized carbons (Fsp3) is 0.429. The van der Waals surface area contributed by atoms with Crippen LogP contribution in [0.5, 0.6) is 0 Å². The van der Waals surface area contributed by atoms with Gasteiger partial charge in [-0.05, 0) is 26.8 Å². The van der Waals surface area contributed by atoms with Gasteiger partial charge in [0.25, 0.3) is 5.69 Å². The molecule has 1 aromatic carbocycles. The van der Waals surface area contributed by atoms with E-state index in [1.165, 1.54) is 12.1 Å². The van der Waals surface area contributed by atoms with Gasteiger partial charge >= 0.3 is 12.1 Å². The van der Waals surface area contributed by atoms with Crippen LogP contribution in [-0.4, -0.2) is 48.7 Å².